The van der Waals surface area contributed by atoms with Crippen LogP contribution >= 0.6 is 0 Å². The van der Waals surface area contributed by atoms with Crippen LogP contribution in [-0.4, -0.2) is 66.6 Å². The molecule has 0 aromatic heterocycles. The van der Waals surface area contributed by atoms with Crippen LogP contribution in [0.1, 0.15) is 38.2 Å². The fraction of sp³-hybridized carbons (Fsp3) is 0.667. The number of amides is 1. The Kier molecular flexibility index (Phi) is 7.79. The van der Waals surface area contributed by atoms with Crippen LogP contribution in [0.25, 0.3) is 0 Å². The van der Waals surface area contributed by atoms with Gasteiger partial charge in [-0.05, 0) is 25.3 Å². The monoisotopic (exact) mass is 394 g/mol. The summed E-state index contributed by atoms with van der Waals surface area (Å²) in [5.74, 6) is -0.232. The third-order valence-electron chi connectivity index (χ3n) is 5.40. The van der Waals surface area contributed by atoms with Crippen LogP contribution in [-0.2, 0) is 20.8 Å². The molecule has 2 N–H and O–H groups in total. The number of hydrogen-bond donors (Lipinski definition) is 2. The van der Waals surface area contributed by atoms with Gasteiger partial charge in [0.05, 0.1) is 37.9 Å². The quantitative estimate of drug-likeness (QED) is 0.771. The van der Waals surface area contributed by atoms with Crippen LogP contribution in [0, 0.1) is 5.82 Å². The summed E-state index contributed by atoms with van der Waals surface area (Å²) >= 11 is 0. The molecule has 0 unspecified atom stereocenters. The Morgan fingerprint density at radius 3 is 2.93 bits per heavy atom. The highest BCUT2D eigenvalue weighted by molar-refractivity contribution is 5.76. The van der Waals surface area contributed by atoms with Crippen molar-refractivity contribution in [2.75, 3.05) is 26.3 Å². The van der Waals surface area contributed by atoms with Crippen molar-refractivity contribution in [3.8, 4) is 0 Å². The van der Waals surface area contributed by atoms with Crippen LogP contribution in [0.5, 0.6) is 0 Å². The van der Waals surface area contributed by atoms with Crippen molar-refractivity contribution in [1.82, 2.24) is 10.2 Å². The maximum Gasteiger partial charge on any atom is 0.222 e. The molecular weight excluding hydrogens is 363 g/mol. The van der Waals surface area contributed by atoms with Gasteiger partial charge in [0.2, 0.25) is 5.91 Å². The molecule has 1 aromatic rings. The fourth-order valence-corrected chi connectivity index (χ4v) is 4.02. The predicted molar refractivity (Wildman–Crippen MR) is 103 cm³/mol. The summed E-state index contributed by atoms with van der Waals surface area (Å²) in [5, 5.41) is 13.1. The maximum atomic E-state index is 14.2. The second-order valence-corrected chi connectivity index (χ2v) is 7.71. The number of ether oxygens (including phenoxy) is 2. The van der Waals surface area contributed by atoms with Crippen molar-refractivity contribution in [1.29, 1.82) is 0 Å². The summed E-state index contributed by atoms with van der Waals surface area (Å²) in [4.78, 5) is 14.1. The summed E-state index contributed by atoms with van der Waals surface area (Å²) in [6, 6.07) is 6.75. The highest BCUT2D eigenvalue weighted by Gasteiger charge is 2.38. The number of hydrogen-bond acceptors (Lipinski definition) is 5. The first-order valence-electron chi connectivity index (χ1n) is 10.2. The van der Waals surface area contributed by atoms with Crippen molar-refractivity contribution in [3.05, 3.63) is 35.6 Å². The molecule has 7 heteroatoms. The van der Waals surface area contributed by atoms with Crippen LogP contribution in [0.4, 0.5) is 4.39 Å². The van der Waals surface area contributed by atoms with Gasteiger partial charge in [-0.2, -0.15) is 0 Å². The first-order valence-corrected chi connectivity index (χ1v) is 10.2. The summed E-state index contributed by atoms with van der Waals surface area (Å²) in [6.07, 6.45) is 1.87. The summed E-state index contributed by atoms with van der Waals surface area (Å²) in [6.45, 7) is 4.10. The molecule has 6 nitrogen and oxygen atoms in total. The third kappa shape index (κ3) is 5.73. The first-order chi connectivity index (χ1) is 13.6. The number of benzene rings is 1. The molecule has 28 heavy (non-hydrogen) atoms. The van der Waals surface area contributed by atoms with Gasteiger partial charge in [0.15, 0.2) is 0 Å². The smallest absolute Gasteiger partial charge is 0.222 e. The van der Waals surface area contributed by atoms with Gasteiger partial charge >= 0.3 is 0 Å². The number of rotatable bonds is 6. The lowest BCUT2D eigenvalue weighted by Crippen LogP contribution is -2.55. The summed E-state index contributed by atoms with van der Waals surface area (Å²) < 4.78 is 26.0. The normalized spacial score (nSPS) is 28.8. The molecule has 2 aliphatic heterocycles. The number of halogens is 1. The van der Waals surface area contributed by atoms with Gasteiger partial charge in [0.25, 0.3) is 0 Å². The van der Waals surface area contributed by atoms with Crippen molar-refractivity contribution in [2.45, 2.75) is 63.5 Å². The Hall–Kier alpha value is -1.54. The second kappa shape index (κ2) is 10.3. The van der Waals surface area contributed by atoms with E-state index in [-0.39, 0.29) is 36.6 Å². The van der Waals surface area contributed by atoms with Gasteiger partial charge in [0, 0.05) is 31.2 Å². The van der Waals surface area contributed by atoms with E-state index in [0.717, 1.165) is 19.3 Å². The summed E-state index contributed by atoms with van der Waals surface area (Å²) in [5.41, 5.74) is 0.607. The number of carbonyl (C=O) groups is 1. The standard InChI is InChI=1S/C21H31FN2O4/c1-2-9-23-21(26)10-17-7-8-19-20(28-17)14-27-13-16(25)12-24(19)11-15-5-3-4-6-18(15)22/h3-6,16-17,19-20,25H,2,7-14H2,1H3,(H,23,26)/t16-,17-,19+,20-/m0/s1. The number of nitrogens with one attached hydrogen (secondary N) is 1. The minimum atomic E-state index is -0.620. The molecule has 1 amide bonds. The Morgan fingerprint density at radius 2 is 2.14 bits per heavy atom. The first kappa shape index (κ1) is 21.2. The van der Waals surface area contributed by atoms with Crippen molar-refractivity contribution in [2.24, 2.45) is 0 Å². The highest BCUT2D eigenvalue weighted by Crippen LogP contribution is 2.29. The SMILES string of the molecule is CCCNC(=O)C[C@@H]1CC[C@@H]2[C@H](COC[C@@H](O)CN2Cc2ccccc2F)O1. The van der Waals surface area contributed by atoms with Crippen LogP contribution < -0.4 is 5.32 Å². The molecule has 0 bridgehead atoms. The average Bonchev–Trinajstić information content (AvgIpc) is 2.66. The molecule has 156 valence electrons. The lowest BCUT2D eigenvalue weighted by Gasteiger charge is -2.44. The zero-order chi connectivity index (χ0) is 19.9. The molecule has 2 saturated heterocycles. The van der Waals surface area contributed by atoms with Crippen LogP contribution in [0.2, 0.25) is 0 Å². The van der Waals surface area contributed by atoms with Crippen LogP contribution in [0.15, 0.2) is 24.3 Å². The minimum absolute atomic E-state index is 0.00991. The summed E-state index contributed by atoms with van der Waals surface area (Å²) in [7, 11) is 0. The number of aliphatic hydroxyl groups excluding tert-OH is 1. The van der Waals surface area contributed by atoms with E-state index in [1.54, 1.807) is 12.1 Å². The van der Waals surface area contributed by atoms with Crippen LogP contribution in [0.3, 0.4) is 0 Å². The molecule has 0 aliphatic carbocycles. The van der Waals surface area contributed by atoms with E-state index >= 15 is 0 Å². The highest BCUT2D eigenvalue weighted by atomic mass is 19.1. The molecule has 2 fully saturated rings. The number of fused-ring (bicyclic) bond motifs is 1. The second-order valence-electron chi connectivity index (χ2n) is 7.71. The molecule has 4 atom stereocenters. The maximum absolute atomic E-state index is 14.2. The van der Waals surface area contributed by atoms with Crippen molar-refractivity contribution in [3.63, 3.8) is 0 Å². The molecule has 2 heterocycles. The van der Waals surface area contributed by atoms with E-state index in [9.17, 15) is 14.3 Å². The zero-order valence-electron chi connectivity index (χ0n) is 16.5. The number of nitrogens with zero attached hydrogens (tertiary/aromatic N) is 1. The van der Waals surface area contributed by atoms with E-state index in [1.807, 2.05) is 13.0 Å². The Bertz CT molecular complexity index is 645. The van der Waals surface area contributed by atoms with E-state index in [2.05, 4.69) is 10.2 Å². The Balaban J connectivity index is 1.66. The lowest BCUT2D eigenvalue weighted by molar-refractivity contribution is -0.158. The lowest BCUT2D eigenvalue weighted by atomic mass is 9.94. The van der Waals surface area contributed by atoms with Gasteiger partial charge in [0.1, 0.15) is 5.82 Å². The number of β-amino-alcohol motifs (C(OH)–C–C–N with tert-alkyl or cyclic N) is 1. The molecule has 2 aliphatic rings. The molecule has 0 saturated carbocycles. The minimum Gasteiger partial charge on any atom is -0.389 e. The molecular formula is C21H31FN2O4. The predicted octanol–water partition coefficient (Wildman–Crippen LogP) is 1.85. The molecule has 0 radical (unpaired) electrons. The molecule has 1 aromatic carbocycles. The van der Waals surface area contributed by atoms with Gasteiger partial charge in [-0.25, -0.2) is 4.39 Å². The number of carbonyl (C=O) groups excluding carboxylic acids is 1. The van der Waals surface area contributed by atoms with Gasteiger partial charge in [-0.3, -0.25) is 9.69 Å². The third-order valence-corrected chi connectivity index (χ3v) is 5.40. The largest absolute Gasteiger partial charge is 0.389 e. The van der Waals surface area contributed by atoms with E-state index in [0.29, 0.717) is 38.2 Å². The fourth-order valence-electron chi connectivity index (χ4n) is 4.02. The van der Waals surface area contributed by atoms with Crippen molar-refractivity contribution < 1.29 is 23.8 Å². The van der Waals surface area contributed by atoms with Gasteiger partial charge in [-0.1, -0.05) is 25.1 Å². The Labute approximate surface area is 166 Å². The van der Waals surface area contributed by atoms with Crippen molar-refractivity contribution >= 4 is 5.91 Å². The van der Waals surface area contributed by atoms with E-state index < -0.39 is 6.10 Å². The van der Waals surface area contributed by atoms with E-state index in [1.165, 1.54) is 6.07 Å². The topological polar surface area (TPSA) is 71.0 Å². The van der Waals surface area contributed by atoms with E-state index in [4.69, 9.17) is 9.47 Å². The molecule has 0 spiro atoms. The zero-order valence-corrected chi connectivity index (χ0v) is 16.5. The average molecular weight is 394 g/mol. The van der Waals surface area contributed by atoms with Gasteiger partial charge in [-0.15, -0.1) is 0 Å². The van der Waals surface area contributed by atoms with Gasteiger partial charge < -0.3 is 19.9 Å². The number of aliphatic hydroxyl groups is 1. The Morgan fingerprint density at radius 1 is 1.32 bits per heavy atom. The molecule has 3 rings (SSSR count).